The van der Waals surface area contributed by atoms with Gasteiger partial charge in [0, 0.05) is 6.54 Å². The van der Waals surface area contributed by atoms with Crippen LogP contribution in [-0.4, -0.2) is 31.9 Å². The lowest BCUT2D eigenvalue weighted by Crippen LogP contribution is -2.43. The largest absolute Gasteiger partial charge is 0.351 e. The third kappa shape index (κ3) is 5.31. The van der Waals surface area contributed by atoms with E-state index in [2.05, 4.69) is 5.32 Å². The van der Waals surface area contributed by atoms with Crippen molar-refractivity contribution in [3.63, 3.8) is 0 Å². The molecule has 1 aromatic carbocycles. The molecule has 8 heteroatoms. The molecule has 166 valence electrons. The van der Waals surface area contributed by atoms with E-state index in [0.717, 1.165) is 38.2 Å². The number of carbonyl (C=O) groups excluding carboxylic acids is 1. The standard InChI is InChI=1S/C22H28Cl2FNO3S/c23-18-10-19(24)20(25)9-17(18)21(27)26-13-22(11-14-1-2-14)7-5-16(6-8-22)30(28,29)12-15-3-4-15/h9-10,14-16H,1-8,11-13H2,(H,26,27). The summed E-state index contributed by atoms with van der Waals surface area (Å²) in [7, 11) is -3.03. The number of amides is 1. The summed E-state index contributed by atoms with van der Waals surface area (Å²) in [6.07, 6.45) is 8.39. The van der Waals surface area contributed by atoms with Gasteiger partial charge < -0.3 is 5.32 Å². The van der Waals surface area contributed by atoms with Crippen LogP contribution in [0.5, 0.6) is 0 Å². The minimum Gasteiger partial charge on any atom is -0.351 e. The molecule has 0 aliphatic heterocycles. The van der Waals surface area contributed by atoms with Gasteiger partial charge in [-0.3, -0.25) is 4.79 Å². The van der Waals surface area contributed by atoms with E-state index in [4.69, 9.17) is 23.2 Å². The minimum absolute atomic E-state index is 0.0702. The summed E-state index contributed by atoms with van der Waals surface area (Å²) < 4.78 is 39.2. The van der Waals surface area contributed by atoms with Gasteiger partial charge in [-0.25, -0.2) is 12.8 Å². The van der Waals surface area contributed by atoms with Crippen molar-refractivity contribution < 1.29 is 17.6 Å². The number of hydrogen-bond donors (Lipinski definition) is 1. The molecule has 0 heterocycles. The summed E-state index contributed by atoms with van der Waals surface area (Å²) in [5, 5.41) is 2.69. The average Bonchev–Trinajstić information content (AvgIpc) is 3.61. The molecular formula is C22H28Cl2FNO3S. The number of nitrogens with one attached hydrogen (secondary N) is 1. The van der Waals surface area contributed by atoms with Crippen molar-refractivity contribution >= 4 is 38.9 Å². The van der Waals surface area contributed by atoms with E-state index in [1.54, 1.807) is 0 Å². The molecule has 0 radical (unpaired) electrons. The maximum Gasteiger partial charge on any atom is 0.252 e. The Kier molecular flexibility index (Phi) is 6.40. The van der Waals surface area contributed by atoms with Crippen LogP contribution >= 0.6 is 23.2 Å². The van der Waals surface area contributed by atoms with Gasteiger partial charge in [0.2, 0.25) is 0 Å². The van der Waals surface area contributed by atoms with E-state index in [1.165, 1.54) is 18.9 Å². The first kappa shape index (κ1) is 22.3. The topological polar surface area (TPSA) is 63.2 Å². The first-order chi connectivity index (χ1) is 14.2. The molecule has 1 amide bonds. The summed E-state index contributed by atoms with van der Waals surface area (Å²) in [6.45, 7) is 0.457. The summed E-state index contributed by atoms with van der Waals surface area (Å²) in [5.41, 5.74) is -0.0271. The molecule has 1 N–H and O–H groups in total. The molecule has 3 aliphatic rings. The van der Waals surface area contributed by atoms with Gasteiger partial charge in [0.25, 0.3) is 5.91 Å². The lowest BCUT2D eigenvalue weighted by atomic mass is 9.70. The zero-order valence-corrected chi connectivity index (χ0v) is 19.3. The Labute approximate surface area is 187 Å². The highest BCUT2D eigenvalue weighted by Gasteiger charge is 2.43. The van der Waals surface area contributed by atoms with Gasteiger partial charge in [-0.05, 0) is 74.3 Å². The van der Waals surface area contributed by atoms with Crippen molar-refractivity contribution in [3.05, 3.63) is 33.6 Å². The van der Waals surface area contributed by atoms with Gasteiger partial charge in [-0.1, -0.05) is 36.0 Å². The fraction of sp³-hybridized carbons (Fsp3) is 0.682. The zero-order chi connectivity index (χ0) is 21.5. The maximum atomic E-state index is 13.8. The van der Waals surface area contributed by atoms with Crippen molar-refractivity contribution in [1.82, 2.24) is 5.32 Å². The maximum absolute atomic E-state index is 13.8. The highest BCUT2D eigenvalue weighted by molar-refractivity contribution is 7.92. The molecule has 0 atom stereocenters. The van der Waals surface area contributed by atoms with Crippen LogP contribution in [0.1, 0.15) is 68.1 Å². The number of rotatable bonds is 8. The van der Waals surface area contributed by atoms with Gasteiger partial charge in [0.1, 0.15) is 5.82 Å². The van der Waals surface area contributed by atoms with Crippen LogP contribution in [0.3, 0.4) is 0 Å². The van der Waals surface area contributed by atoms with Gasteiger partial charge in [-0.2, -0.15) is 0 Å². The van der Waals surface area contributed by atoms with Gasteiger partial charge in [-0.15, -0.1) is 0 Å². The Hall–Kier alpha value is -0.850. The predicted octanol–water partition coefficient (Wildman–Crippen LogP) is 5.42. The predicted molar refractivity (Wildman–Crippen MR) is 117 cm³/mol. The van der Waals surface area contributed by atoms with Crippen molar-refractivity contribution in [2.75, 3.05) is 12.3 Å². The number of carbonyl (C=O) groups is 1. The highest BCUT2D eigenvalue weighted by Crippen LogP contribution is 2.49. The molecule has 4 rings (SSSR count). The molecule has 3 aliphatic carbocycles. The molecule has 4 nitrogen and oxygen atoms in total. The monoisotopic (exact) mass is 475 g/mol. The molecule has 1 aromatic rings. The molecule has 0 saturated heterocycles. The van der Waals surface area contributed by atoms with Crippen molar-refractivity contribution in [1.29, 1.82) is 0 Å². The Bertz CT molecular complexity index is 921. The van der Waals surface area contributed by atoms with E-state index < -0.39 is 21.6 Å². The Balaban J connectivity index is 1.41. The number of benzene rings is 1. The van der Waals surface area contributed by atoms with Crippen molar-refractivity contribution in [3.8, 4) is 0 Å². The molecule has 3 fully saturated rings. The van der Waals surface area contributed by atoms with Crippen LogP contribution in [0.15, 0.2) is 12.1 Å². The number of halogens is 3. The van der Waals surface area contributed by atoms with Gasteiger partial charge >= 0.3 is 0 Å². The average molecular weight is 476 g/mol. The van der Waals surface area contributed by atoms with Crippen molar-refractivity contribution in [2.24, 2.45) is 17.3 Å². The number of sulfone groups is 1. The summed E-state index contributed by atoms with van der Waals surface area (Å²) in [4.78, 5) is 12.7. The third-order valence-corrected chi connectivity index (χ3v) is 9.99. The summed E-state index contributed by atoms with van der Waals surface area (Å²) >= 11 is 11.8. The first-order valence-electron chi connectivity index (χ1n) is 10.8. The van der Waals surface area contributed by atoms with E-state index in [9.17, 15) is 17.6 Å². The van der Waals surface area contributed by atoms with Gasteiger partial charge in [0.15, 0.2) is 9.84 Å². The van der Waals surface area contributed by atoms with E-state index in [1.807, 2.05) is 0 Å². The zero-order valence-electron chi connectivity index (χ0n) is 16.9. The molecular weight excluding hydrogens is 448 g/mol. The van der Waals surface area contributed by atoms with Crippen LogP contribution in [-0.2, 0) is 9.84 Å². The quantitative estimate of drug-likeness (QED) is 0.510. The lowest BCUT2D eigenvalue weighted by Gasteiger charge is -2.40. The first-order valence-corrected chi connectivity index (χ1v) is 13.3. The van der Waals surface area contributed by atoms with Crippen LogP contribution in [0.2, 0.25) is 10.0 Å². The van der Waals surface area contributed by atoms with Crippen molar-refractivity contribution in [2.45, 2.75) is 63.0 Å². The van der Waals surface area contributed by atoms with Crippen LogP contribution < -0.4 is 5.32 Å². The lowest BCUT2D eigenvalue weighted by molar-refractivity contribution is 0.0895. The Morgan fingerprint density at radius 1 is 1.03 bits per heavy atom. The molecule has 0 bridgehead atoms. The normalized spacial score (nSPS) is 27.1. The van der Waals surface area contributed by atoms with Crippen LogP contribution in [0.4, 0.5) is 4.39 Å². The third-order valence-electron chi connectivity index (χ3n) is 6.96. The van der Waals surface area contributed by atoms with Gasteiger partial charge in [0.05, 0.1) is 26.6 Å². The summed E-state index contributed by atoms with van der Waals surface area (Å²) in [6, 6.07) is 2.30. The molecule has 30 heavy (non-hydrogen) atoms. The minimum atomic E-state index is -3.03. The highest BCUT2D eigenvalue weighted by atomic mass is 35.5. The molecule has 3 saturated carbocycles. The second-order valence-corrected chi connectivity index (χ2v) is 12.7. The molecule has 0 spiro atoms. The summed E-state index contributed by atoms with van der Waals surface area (Å²) in [5.74, 6) is 0.273. The second kappa shape index (κ2) is 8.59. The Morgan fingerprint density at radius 3 is 2.27 bits per heavy atom. The SMILES string of the molecule is O=C(NCC1(CC2CC2)CCC(S(=O)(=O)CC2CC2)CC1)c1cc(F)c(Cl)cc1Cl. The van der Waals surface area contributed by atoms with Crippen LogP contribution in [0, 0.1) is 23.1 Å². The van der Waals surface area contributed by atoms with E-state index >= 15 is 0 Å². The smallest absolute Gasteiger partial charge is 0.252 e. The molecule has 0 unspecified atom stereocenters. The van der Waals surface area contributed by atoms with E-state index in [-0.39, 0.29) is 26.3 Å². The number of hydrogen-bond acceptors (Lipinski definition) is 3. The fourth-order valence-electron chi connectivity index (χ4n) is 4.76. The fourth-order valence-corrected chi connectivity index (χ4v) is 7.44. The van der Waals surface area contributed by atoms with Crippen LogP contribution in [0.25, 0.3) is 0 Å². The van der Waals surface area contributed by atoms with E-state index in [0.29, 0.717) is 37.0 Å². The Morgan fingerprint density at radius 2 is 1.67 bits per heavy atom. The second-order valence-electron chi connectivity index (χ2n) is 9.55. The molecule has 0 aromatic heterocycles.